The molecule has 1 heterocycles. The van der Waals surface area contributed by atoms with E-state index in [4.69, 9.17) is 0 Å². The lowest BCUT2D eigenvalue weighted by Gasteiger charge is -2.06. The minimum Gasteiger partial charge on any atom is -0.347 e. The maximum absolute atomic E-state index is 12.1. The summed E-state index contributed by atoms with van der Waals surface area (Å²) in [5, 5.41) is 5.40. The van der Waals surface area contributed by atoms with E-state index in [9.17, 15) is 9.59 Å². The Morgan fingerprint density at radius 1 is 0.955 bits per heavy atom. The van der Waals surface area contributed by atoms with Crippen LogP contribution in [-0.4, -0.2) is 23.3 Å². The molecule has 1 aromatic heterocycles. The van der Waals surface area contributed by atoms with Crippen LogP contribution in [0.4, 0.5) is 0 Å². The van der Waals surface area contributed by atoms with Crippen LogP contribution >= 0.6 is 0 Å². The quantitative estimate of drug-likeness (QED) is 0.800. The molecule has 0 radical (unpaired) electrons. The summed E-state index contributed by atoms with van der Waals surface area (Å²) in [7, 11) is 0. The predicted octanol–water partition coefficient (Wildman–Crippen LogP) is 1.93. The van der Waals surface area contributed by atoms with Crippen LogP contribution in [0.5, 0.6) is 0 Å². The van der Waals surface area contributed by atoms with Gasteiger partial charge in [0.25, 0.3) is 11.8 Å². The third-order valence-electron chi connectivity index (χ3n) is 2.92. The Bertz CT molecular complexity index is 669. The summed E-state index contributed by atoms with van der Waals surface area (Å²) in [6, 6.07) is 14.3. The van der Waals surface area contributed by atoms with E-state index in [-0.39, 0.29) is 23.2 Å². The van der Waals surface area contributed by atoms with Gasteiger partial charge in [0, 0.05) is 13.1 Å². The third-order valence-corrected chi connectivity index (χ3v) is 2.92. The molecule has 5 heteroatoms. The van der Waals surface area contributed by atoms with Gasteiger partial charge in [0.2, 0.25) is 0 Å². The number of nitrogens with zero attached hydrogens (tertiary/aromatic N) is 1. The zero-order valence-corrected chi connectivity index (χ0v) is 12.1. The monoisotopic (exact) mass is 295 g/mol. The van der Waals surface area contributed by atoms with E-state index in [2.05, 4.69) is 22.2 Å². The van der Waals surface area contributed by atoms with Gasteiger partial charge >= 0.3 is 0 Å². The number of pyridine rings is 1. The van der Waals surface area contributed by atoms with Crippen LogP contribution < -0.4 is 10.6 Å². The highest BCUT2D eigenvalue weighted by atomic mass is 16.2. The van der Waals surface area contributed by atoms with Gasteiger partial charge in [-0.3, -0.25) is 9.59 Å². The van der Waals surface area contributed by atoms with Crippen molar-refractivity contribution in [2.45, 2.75) is 6.54 Å². The lowest BCUT2D eigenvalue weighted by atomic mass is 10.2. The van der Waals surface area contributed by atoms with Crippen molar-refractivity contribution in [3.63, 3.8) is 0 Å². The molecule has 2 N–H and O–H groups in total. The molecule has 0 aliphatic rings. The van der Waals surface area contributed by atoms with Crippen LogP contribution in [0.3, 0.4) is 0 Å². The molecule has 0 spiro atoms. The van der Waals surface area contributed by atoms with Crippen molar-refractivity contribution >= 4 is 11.8 Å². The Morgan fingerprint density at radius 2 is 1.59 bits per heavy atom. The molecule has 0 saturated carbocycles. The Balaban J connectivity index is 2.00. The van der Waals surface area contributed by atoms with Crippen molar-refractivity contribution in [2.75, 3.05) is 6.54 Å². The van der Waals surface area contributed by atoms with Gasteiger partial charge in [0.15, 0.2) is 0 Å². The second-order valence-corrected chi connectivity index (χ2v) is 4.58. The standard InChI is InChI=1S/C17H17N3O2/c1-2-11-18-16(21)14-9-6-10-15(20-14)17(22)19-12-13-7-4-3-5-8-13/h2-10H,1,11-12H2,(H,18,21)(H,19,22). The zero-order chi connectivity index (χ0) is 15.8. The molecule has 0 unspecified atom stereocenters. The van der Waals surface area contributed by atoms with E-state index in [1.165, 1.54) is 0 Å². The average Bonchev–Trinajstić information content (AvgIpc) is 2.58. The van der Waals surface area contributed by atoms with Crippen LogP contribution in [0, 0.1) is 0 Å². The molecule has 0 aliphatic carbocycles. The fraction of sp³-hybridized carbons (Fsp3) is 0.118. The molecule has 5 nitrogen and oxygen atoms in total. The van der Waals surface area contributed by atoms with Crippen LogP contribution in [0.1, 0.15) is 26.5 Å². The van der Waals surface area contributed by atoms with Gasteiger partial charge in [-0.1, -0.05) is 42.5 Å². The molecule has 112 valence electrons. The highest BCUT2D eigenvalue weighted by molar-refractivity contribution is 5.96. The number of carbonyl (C=O) groups excluding carboxylic acids is 2. The van der Waals surface area contributed by atoms with Gasteiger partial charge in [-0.15, -0.1) is 6.58 Å². The minimum atomic E-state index is -0.336. The van der Waals surface area contributed by atoms with Crippen molar-refractivity contribution in [1.29, 1.82) is 0 Å². The SMILES string of the molecule is C=CCNC(=O)c1cccc(C(=O)NCc2ccccc2)n1. The smallest absolute Gasteiger partial charge is 0.270 e. The number of carbonyl (C=O) groups is 2. The number of benzene rings is 1. The molecule has 2 amide bonds. The average molecular weight is 295 g/mol. The number of nitrogens with one attached hydrogen (secondary N) is 2. The van der Waals surface area contributed by atoms with Crippen molar-refractivity contribution in [3.8, 4) is 0 Å². The van der Waals surface area contributed by atoms with Gasteiger partial charge in [-0.05, 0) is 17.7 Å². The van der Waals surface area contributed by atoms with Crippen molar-refractivity contribution < 1.29 is 9.59 Å². The first-order valence-electron chi connectivity index (χ1n) is 6.89. The Labute approximate surface area is 129 Å². The molecule has 1 aromatic carbocycles. The molecule has 0 aliphatic heterocycles. The van der Waals surface area contributed by atoms with Gasteiger partial charge < -0.3 is 10.6 Å². The Kier molecular flexibility index (Phi) is 5.43. The fourth-order valence-corrected chi connectivity index (χ4v) is 1.81. The van der Waals surface area contributed by atoms with Gasteiger partial charge in [0.05, 0.1) is 0 Å². The second-order valence-electron chi connectivity index (χ2n) is 4.58. The molecular formula is C17H17N3O2. The predicted molar refractivity (Wildman–Crippen MR) is 84.4 cm³/mol. The molecule has 0 fully saturated rings. The Hall–Kier alpha value is -2.95. The van der Waals surface area contributed by atoms with Gasteiger partial charge in [-0.25, -0.2) is 4.98 Å². The summed E-state index contributed by atoms with van der Waals surface area (Å²) in [5.41, 5.74) is 1.41. The van der Waals surface area contributed by atoms with Crippen LogP contribution in [0.25, 0.3) is 0 Å². The van der Waals surface area contributed by atoms with Gasteiger partial charge in [0.1, 0.15) is 11.4 Å². The fourth-order valence-electron chi connectivity index (χ4n) is 1.81. The topological polar surface area (TPSA) is 71.1 Å². The molecule has 22 heavy (non-hydrogen) atoms. The second kappa shape index (κ2) is 7.73. The lowest BCUT2D eigenvalue weighted by molar-refractivity contribution is 0.0944. The summed E-state index contributed by atoms with van der Waals surface area (Å²) >= 11 is 0. The summed E-state index contributed by atoms with van der Waals surface area (Å²) in [6.45, 7) is 4.29. The third kappa shape index (κ3) is 4.28. The normalized spacial score (nSPS) is 9.82. The minimum absolute atomic E-state index is 0.203. The number of hydrogen-bond acceptors (Lipinski definition) is 3. The maximum Gasteiger partial charge on any atom is 0.270 e. The van der Waals surface area contributed by atoms with Crippen LogP contribution in [-0.2, 0) is 6.54 Å². The van der Waals surface area contributed by atoms with E-state index in [0.29, 0.717) is 13.1 Å². The summed E-state index contributed by atoms with van der Waals surface area (Å²) in [5.74, 6) is -0.653. The van der Waals surface area contributed by atoms with Crippen LogP contribution in [0.15, 0.2) is 61.2 Å². The van der Waals surface area contributed by atoms with Crippen molar-refractivity contribution in [1.82, 2.24) is 15.6 Å². The Morgan fingerprint density at radius 3 is 2.23 bits per heavy atom. The van der Waals surface area contributed by atoms with E-state index in [1.807, 2.05) is 30.3 Å². The first-order valence-corrected chi connectivity index (χ1v) is 6.89. The summed E-state index contributed by atoms with van der Waals surface area (Å²) < 4.78 is 0. The molecular weight excluding hydrogens is 278 g/mol. The summed E-state index contributed by atoms with van der Waals surface area (Å²) in [4.78, 5) is 28.0. The molecule has 2 rings (SSSR count). The number of hydrogen-bond donors (Lipinski definition) is 2. The first-order chi connectivity index (χ1) is 10.7. The molecule has 2 aromatic rings. The molecule has 0 saturated heterocycles. The first kappa shape index (κ1) is 15.4. The summed E-state index contributed by atoms with van der Waals surface area (Å²) in [6.07, 6.45) is 1.58. The van der Waals surface area contributed by atoms with Gasteiger partial charge in [-0.2, -0.15) is 0 Å². The lowest BCUT2D eigenvalue weighted by Crippen LogP contribution is -2.27. The van der Waals surface area contributed by atoms with Crippen LogP contribution in [0.2, 0.25) is 0 Å². The van der Waals surface area contributed by atoms with Crippen molar-refractivity contribution in [2.24, 2.45) is 0 Å². The number of aromatic nitrogens is 1. The highest BCUT2D eigenvalue weighted by Gasteiger charge is 2.11. The van der Waals surface area contributed by atoms with E-state index >= 15 is 0 Å². The number of amides is 2. The maximum atomic E-state index is 12.1. The van der Waals surface area contributed by atoms with E-state index in [0.717, 1.165) is 5.56 Å². The molecule has 0 atom stereocenters. The number of rotatable bonds is 6. The highest BCUT2D eigenvalue weighted by Crippen LogP contribution is 2.02. The zero-order valence-electron chi connectivity index (χ0n) is 12.1. The van der Waals surface area contributed by atoms with E-state index < -0.39 is 0 Å². The molecule has 0 bridgehead atoms. The largest absolute Gasteiger partial charge is 0.347 e. The van der Waals surface area contributed by atoms with E-state index in [1.54, 1.807) is 24.3 Å². The van der Waals surface area contributed by atoms with Crippen molar-refractivity contribution in [3.05, 3.63) is 78.1 Å².